The van der Waals surface area contributed by atoms with Crippen molar-refractivity contribution >= 4 is 20.5 Å². The van der Waals surface area contributed by atoms with E-state index in [1.54, 1.807) is 6.08 Å². The fourth-order valence-corrected chi connectivity index (χ4v) is 1.75. The topological polar surface area (TPSA) is 141 Å². The van der Waals surface area contributed by atoms with Gasteiger partial charge in [0.25, 0.3) is 10.1 Å². The maximum atomic E-state index is 10.5. The van der Waals surface area contributed by atoms with Gasteiger partial charge in [-0.15, -0.1) is 0 Å². The molecule has 0 saturated carbocycles. The zero-order chi connectivity index (χ0) is 15.8. The third kappa shape index (κ3) is 13.2. The highest BCUT2D eigenvalue weighted by molar-refractivity contribution is 7.85. The lowest BCUT2D eigenvalue weighted by molar-refractivity contribution is -0.696. The summed E-state index contributed by atoms with van der Waals surface area (Å²) in [4.78, 5) is 0. The largest absolute Gasteiger partial charge is 0.726 e. The first-order valence-electron chi connectivity index (χ1n) is 5.30. The summed E-state index contributed by atoms with van der Waals surface area (Å²) in [5, 5.41) is 0. The van der Waals surface area contributed by atoms with Crippen LogP contribution >= 0.6 is 0 Å². The van der Waals surface area contributed by atoms with Crippen molar-refractivity contribution < 1.29 is 35.1 Å². The molecule has 0 atom stereocenters. The molecule has 1 aromatic rings. The van der Waals surface area contributed by atoms with Crippen molar-refractivity contribution in [3.63, 3.8) is 0 Å². The van der Waals surface area contributed by atoms with Crippen LogP contribution in [0.4, 0.5) is 0 Å². The van der Waals surface area contributed by atoms with Crippen LogP contribution in [0.15, 0.2) is 31.4 Å². The summed E-state index contributed by atoms with van der Waals surface area (Å²) in [7, 11) is -8.75. The van der Waals surface area contributed by atoms with E-state index in [0.717, 1.165) is 6.54 Å². The van der Waals surface area contributed by atoms with Crippen LogP contribution in [0.5, 0.6) is 0 Å². The Morgan fingerprint density at radius 1 is 1.30 bits per heavy atom. The van der Waals surface area contributed by atoms with Crippen molar-refractivity contribution in [3.05, 3.63) is 31.4 Å². The third-order valence-corrected chi connectivity index (χ3v) is 2.71. The van der Waals surface area contributed by atoms with Crippen LogP contribution in [0, 0.1) is 0 Å². The van der Waals surface area contributed by atoms with E-state index in [-0.39, 0.29) is 5.75 Å². The molecule has 0 saturated heterocycles. The van der Waals surface area contributed by atoms with Crippen molar-refractivity contribution in [2.24, 2.45) is 0 Å². The van der Waals surface area contributed by atoms with Gasteiger partial charge >= 0.3 is 0 Å². The van der Waals surface area contributed by atoms with Gasteiger partial charge in [0.2, 0.25) is 16.7 Å². The zero-order valence-corrected chi connectivity index (χ0v) is 12.1. The van der Waals surface area contributed by atoms with E-state index in [1.165, 1.54) is 0 Å². The Hall–Kier alpha value is -1.27. The average Bonchev–Trinajstić information content (AvgIpc) is 2.62. The lowest BCUT2D eigenvalue weighted by Gasteiger charge is -1.95. The fourth-order valence-electron chi connectivity index (χ4n) is 1.26. The third-order valence-electron chi connectivity index (χ3n) is 1.90. The van der Waals surface area contributed by atoms with Crippen molar-refractivity contribution in [2.45, 2.75) is 19.5 Å². The molecule has 0 radical (unpaired) electrons. The summed E-state index contributed by atoms with van der Waals surface area (Å²) in [5.41, 5.74) is 0. The molecule has 0 amide bonds. The summed E-state index contributed by atoms with van der Waals surface area (Å²) in [6, 6.07) is 0. The second kappa shape index (κ2) is 8.11. The molecular weight excluding hydrogens is 312 g/mol. The van der Waals surface area contributed by atoms with Gasteiger partial charge in [-0.05, 0) is 0 Å². The van der Waals surface area contributed by atoms with Gasteiger partial charge in [0.15, 0.2) is 0 Å². The Balaban J connectivity index is 0.000000621. The number of rotatable bonds is 6. The Labute approximate surface area is 117 Å². The molecule has 0 aromatic carbocycles. The second-order valence-corrected chi connectivity index (χ2v) is 6.13. The van der Waals surface area contributed by atoms with Gasteiger partial charge in [-0.3, -0.25) is 9.11 Å². The first-order chi connectivity index (χ1) is 9.01. The van der Waals surface area contributed by atoms with Crippen molar-refractivity contribution in [3.8, 4) is 0 Å². The molecule has 0 fully saturated rings. The quantitative estimate of drug-likeness (QED) is 0.303. The monoisotopic (exact) mass is 328 g/mol. The van der Waals surface area contributed by atoms with Crippen LogP contribution in [0.2, 0.25) is 0 Å². The summed E-state index contributed by atoms with van der Waals surface area (Å²) in [5.74, 6) is -0.202. The van der Waals surface area contributed by atoms with E-state index in [1.807, 2.05) is 27.9 Å². The molecule has 1 aromatic heterocycles. The predicted octanol–water partition coefficient (Wildman–Crippen LogP) is -0.756. The molecule has 20 heavy (non-hydrogen) atoms. The Bertz CT molecular complexity index is 610. The zero-order valence-electron chi connectivity index (χ0n) is 10.5. The smallest absolute Gasteiger partial charge is 0.265 e. The molecule has 0 unspecified atom stereocenters. The van der Waals surface area contributed by atoms with Gasteiger partial charge in [-0.1, -0.05) is 12.7 Å². The molecule has 1 rings (SSSR count). The van der Waals surface area contributed by atoms with Gasteiger partial charge in [-0.25, -0.2) is 17.6 Å². The van der Waals surface area contributed by atoms with Gasteiger partial charge < -0.3 is 4.55 Å². The van der Waals surface area contributed by atoms with E-state index in [9.17, 15) is 8.42 Å². The van der Waals surface area contributed by atoms with Crippen molar-refractivity contribution in [1.82, 2.24) is 4.57 Å². The van der Waals surface area contributed by atoms with Gasteiger partial charge in [0.05, 0.1) is 12.3 Å². The molecule has 11 heteroatoms. The number of allylic oxidation sites excluding steroid dienone is 1. The number of hydrogen-bond acceptors (Lipinski definition) is 5. The summed E-state index contributed by atoms with van der Waals surface area (Å²) in [6.07, 6.45) is 7.79. The van der Waals surface area contributed by atoms with E-state index < -0.39 is 20.5 Å². The standard InChI is InChI=1S/C9H14N2O3S.H2O4S/c1-2-4-10-6-7-11(9-10)5-3-8-15(12,13)14;1-5(2,3)4/h2,6-7,9H,1,3-5,8H2;(H2,1,2,3,4). The minimum absolute atomic E-state index is 0.202. The molecule has 0 spiro atoms. The summed E-state index contributed by atoms with van der Waals surface area (Å²) >= 11 is 0. The lowest BCUT2D eigenvalue weighted by atomic mass is 10.5. The Morgan fingerprint density at radius 3 is 2.30 bits per heavy atom. The van der Waals surface area contributed by atoms with Gasteiger partial charge in [0, 0.05) is 6.42 Å². The predicted molar refractivity (Wildman–Crippen MR) is 68.2 cm³/mol. The minimum Gasteiger partial charge on any atom is -0.726 e. The number of aromatic nitrogens is 2. The molecule has 1 heterocycles. The van der Waals surface area contributed by atoms with Crippen molar-refractivity contribution in [1.29, 1.82) is 0 Å². The highest BCUT2D eigenvalue weighted by Crippen LogP contribution is 1.90. The van der Waals surface area contributed by atoms with Crippen LogP contribution < -0.4 is 4.57 Å². The van der Waals surface area contributed by atoms with E-state index in [0.29, 0.717) is 13.0 Å². The number of nitrogens with zero attached hydrogens (tertiary/aromatic N) is 2. The van der Waals surface area contributed by atoms with Crippen LogP contribution in [0.25, 0.3) is 0 Å². The van der Waals surface area contributed by atoms with Crippen LogP contribution in [-0.4, -0.2) is 40.8 Å². The molecule has 9 nitrogen and oxygen atoms in total. The van der Waals surface area contributed by atoms with E-state index in [2.05, 4.69) is 6.58 Å². The number of aryl methyl sites for hydroxylation is 1. The molecule has 0 bridgehead atoms. The maximum Gasteiger partial charge on any atom is 0.265 e. The lowest BCUT2D eigenvalue weighted by Crippen LogP contribution is -2.32. The molecule has 0 aliphatic heterocycles. The van der Waals surface area contributed by atoms with Crippen LogP contribution in [0.1, 0.15) is 6.42 Å². The van der Waals surface area contributed by atoms with E-state index >= 15 is 0 Å². The van der Waals surface area contributed by atoms with E-state index in [4.69, 9.17) is 22.1 Å². The first kappa shape index (κ1) is 18.7. The molecular formula is C9H16N2O7S2. The first-order valence-corrected chi connectivity index (χ1v) is 8.28. The number of imidazole rings is 1. The summed E-state index contributed by atoms with van der Waals surface area (Å²) < 4.78 is 66.1. The van der Waals surface area contributed by atoms with Crippen LogP contribution in [-0.2, 0) is 33.6 Å². The molecule has 116 valence electrons. The maximum absolute atomic E-state index is 10.5. The normalized spacial score (nSPS) is 11.6. The van der Waals surface area contributed by atoms with Gasteiger partial charge in [-0.2, -0.15) is 8.42 Å². The highest BCUT2D eigenvalue weighted by atomic mass is 32.3. The minimum atomic E-state index is -4.92. The number of hydrogen-bond donors (Lipinski definition) is 2. The van der Waals surface area contributed by atoms with Crippen LogP contribution in [0.3, 0.4) is 0 Å². The second-order valence-electron chi connectivity index (χ2n) is 3.70. The summed E-state index contributed by atoms with van der Waals surface area (Å²) in [6.45, 7) is 4.92. The molecule has 0 aliphatic carbocycles. The fraction of sp³-hybridized carbons (Fsp3) is 0.444. The van der Waals surface area contributed by atoms with Gasteiger partial charge in [0.1, 0.15) is 18.9 Å². The highest BCUT2D eigenvalue weighted by Gasteiger charge is 2.06. The average molecular weight is 328 g/mol. The molecule has 2 N–H and O–H groups in total. The molecule has 0 aliphatic rings. The Kier molecular flexibility index (Phi) is 7.60. The van der Waals surface area contributed by atoms with Crippen molar-refractivity contribution in [2.75, 3.05) is 5.75 Å². The SMILES string of the molecule is C=CCn1cc[n+](CCCS(=O)(=O)O)c1.O=S(=O)([O-])O. The Morgan fingerprint density at radius 2 is 1.85 bits per heavy atom.